The molecule has 0 aliphatic carbocycles. The van der Waals surface area contributed by atoms with Crippen molar-refractivity contribution in [2.75, 3.05) is 37.4 Å². The Kier molecular flexibility index (Phi) is 6.53. The van der Waals surface area contributed by atoms with E-state index in [1.54, 1.807) is 6.20 Å². The van der Waals surface area contributed by atoms with Gasteiger partial charge in [-0.15, -0.1) is 0 Å². The number of rotatable bonds is 7. The number of aromatic amines is 1. The SMILES string of the molecule is Cc1cnc2nc(-c3ccc(OCC(=O)Nc4cnccn4)cc3)[nH]c2c1NC1CCN(C)CC1. The smallest absolute Gasteiger partial charge is 0.263 e. The van der Waals surface area contributed by atoms with Crippen molar-refractivity contribution in [1.29, 1.82) is 0 Å². The van der Waals surface area contributed by atoms with E-state index < -0.39 is 0 Å². The fourth-order valence-corrected chi connectivity index (χ4v) is 4.13. The molecule has 1 fully saturated rings. The second kappa shape index (κ2) is 10.1. The van der Waals surface area contributed by atoms with Crippen molar-refractivity contribution in [3.8, 4) is 17.1 Å². The standard InChI is InChI=1S/C25H28N8O2/c1-16-13-28-25-23(22(16)29-18-7-11-33(2)12-8-18)31-24(32-25)17-3-5-19(6-4-17)35-15-21(34)30-20-14-26-9-10-27-20/h3-6,9-10,13-14,18H,7-8,11-12,15H2,1-2H3,(H,27,30,34)(H2,28,29,31,32). The molecule has 0 radical (unpaired) electrons. The van der Waals surface area contributed by atoms with Crippen molar-refractivity contribution in [2.45, 2.75) is 25.8 Å². The van der Waals surface area contributed by atoms with Crippen molar-refractivity contribution in [3.05, 3.63) is 54.6 Å². The molecule has 0 unspecified atom stereocenters. The largest absolute Gasteiger partial charge is 0.484 e. The number of fused-ring (bicyclic) bond motifs is 1. The van der Waals surface area contributed by atoms with E-state index in [9.17, 15) is 4.79 Å². The molecule has 4 aromatic rings. The van der Waals surface area contributed by atoms with Gasteiger partial charge in [-0.05, 0) is 69.7 Å². The van der Waals surface area contributed by atoms with Gasteiger partial charge in [0.05, 0.1) is 11.9 Å². The Labute approximate surface area is 203 Å². The number of imidazole rings is 1. The second-order valence-corrected chi connectivity index (χ2v) is 8.77. The highest BCUT2D eigenvalue weighted by atomic mass is 16.5. The summed E-state index contributed by atoms with van der Waals surface area (Å²) in [5, 5.41) is 6.36. The monoisotopic (exact) mass is 472 g/mol. The molecule has 1 amide bonds. The maximum absolute atomic E-state index is 12.1. The number of nitrogens with zero attached hydrogens (tertiary/aromatic N) is 5. The van der Waals surface area contributed by atoms with E-state index >= 15 is 0 Å². The highest BCUT2D eigenvalue weighted by Gasteiger charge is 2.20. The lowest BCUT2D eigenvalue weighted by molar-refractivity contribution is -0.118. The number of aromatic nitrogens is 5. The molecular formula is C25H28N8O2. The fraction of sp³-hybridized carbons (Fsp3) is 0.320. The van der Waals surface area contributed by atoms with Crippen LogP contribution in [0.25, 0.3) is 22.6 Å². The lowest BCUT2D eigenvalue weighted by Crippen LogP contribution is -2.36. The highest BCUT2D eigenvalue weighted by Crippen LogP contribution is 2.29. The molecule has 4 heterocycles. The maximum Gasteiger partial charge on any atom is 0.263 e. The van der Waals surface area contributed by atoms with Gasteiger partial charge in [0.15, 0.2) is 18.1 Å². The molecule has 1 aromatic carbocycles. The molecule has 1 saturated heterocycles. The number of carbonyl (C=O) groups is 1. The Bertz CT molecular complexity index is 1300. The molecular weight excluding hydrogens is 444 g/mol. The zero-order chi connectivity index (χ0) is 24.2. The van der Waals surface area contributed by atoms with Gasteiger partial charge in [0.25, 0.3) is 5.91 Å². The van der Waals surface area contributed by atoms with Gasteiger partial charge >= 0.3 is 0 Å². The first-order chi connectivity index (χ1) is 17.0. The lowest BCUT2D eigenvalue weighted by atomic mass is 10.0. The molecule has 3 aromatic heterocycles. The molecule has 0 spiro atoms. The van der Waals surface area contributed by atoms with E-state index in [1.807, 2.05) is 30.5 Å². The summed E-state index contributed by atoms with van der Waals surface area (Å²) in [6.45, 7) is 4.12. The molecule has 3 N–H and O–H groups in total. The number of piperidine rings is 1. The number of anilines is 2. The quantitative estimate of drug-likeness (QED) is 0.375. The molecule has 10 nitrogen and oxygen atoms in total. The molecule has 180 valence electrons. The Hall–Kier alpha value is -4.05. The highest BCUT2D eigenvalue weighted by molar-refractivity contribution is 5.91. The number of hydrogen-bond acceptors (Lipinski definition) is 8. The first kappa shape index (κ1) is 22.7. The summed E-state index contributed by atoms with van der Waals surface area (Å²) in [4.78, 5) is 35.0. The van der Waals surface area contributed by atoms with E-state index in [0.717, 1.165) is 54.1 Å². The summed E-state index contributed by atoms with van der Waals surface area (Å²) in [6, 6.07) is 7.88. The summed E-state index contributed by atoms with van der Waals surface area (Å²) in [6.07, 6.45) is 8.62. The Morgan fingerprint density at radius 1 is 1.14 bits per heavy atom. The van der Waals surface area contributed by atoms with E-state index in [2.05, 4.69) is 49.4 Å². The third-order valence-electron chi connectivity index (χ3n) is 6.10. The van der Waals surface area contributed by atoms with Gasteiger partial charge in [0, 0.05) is 30.2 Å². The number of benzene rings is 1. The molecule has 0 bridgehead atoms. The van der Waals surface area contributed by atoms with Crippen molar-refractivity contribution < 1.29 is 9.53 Å². The van der Waals surface area contributed by atoms with Crippen LogP contribution in [-0.2, 0) is 4.79 Å². The molecule has 0 saturated carbocycles. The lowest BCUT2D eigenvalue weighted by Gasteiger charge is -2.30. The van der Waals surface area contributed by atoms with Gasteiger partial charge in [-0.2, -0.15) is 0 Å². The van der Waals surface area contributed by atoms with Gasteiger partial charge < -0.3 is 25.3 Å². The number of amides is 1. The third-order valence-corrected chi connectivity index (χ3v) is 6.10. The van der Waals surface area contributed by atoms with E-state index in [4.69, 9.17) is 9.72 Å². The van der Waals surface area contributed by atoms with Crippen LogP contribution in [0.3, 0.4) is 0 Å². The predicted octanol–water partition coefficient (Wildman–Crippen LogP) is 3.25. The van der Waals surface area contributed by atoms with Crippen molar-refractivity contribution >= 4 is 28.6 Å². The number of ether oxygens (including phenoxy) is 1. The van der Waals surface area contributed by atoms with Crippen molar-refractivity contribution in [2.24, 2.45) is 0 Å². The number of hydrogen-bond donors (Lipinski definition) is 3. The van der Waals surface area contributed by atoms with E-state index in [1.165, 1.54) is 12.4 Å². The van der Waals surface area contributed by atoms with Crippen LogP contribution in [0.4, 0.5) is 11.5 Å². The molecule has 1 aliphatic heterocycles. The Morgan fingerprint density at radius 3 is 2.69 bits per heavy atom. The molecule has 5 rings (SSSR count). The Morgan fingerprint density at radius 2 is 1.94 bits per heavy atom. The van der Waals surface area contributed by atoms with Gasteiger partial charge in [0.1, 0.15) is 17.1 Å². The van der Waals surface area contributed by atoms with Gasteiger partial charge in [0.2, 0.25) is 0 Å². The minimum absolute atomic E-state index is 0.129. The molecule has 10 heteroatoms. The van der Waals surface area contributed by atoms with Crippen LogP contribution in [0.15, 0.2) is 49.1 Å². The zero-order valence-electron chi connectivity index (χ0n) is 19.8. The topological polar surface area (TPSA) is 121 Å². The number of likely N-dealkylation sites (tertiary alicyclic amines) is 1. The van der Waals surface area contributed by atoms with Crippen LogP contribution in [-0.4, -0.2) is 68.5 Å². The normalized spacial score (nSPS) is 14.7. The average Bonchev–Trinajstić information content (AvgIpc) is 3.31. The van der Waals surface area contributed by atoms with Crippen molar-refractivity contribution in [1.82, 2.24) is 29.8 Å². The van der Waals surface area contributed by atoms with Crippen LogP contribution in [0.5, 0.6) is 5.75 Å². The second-order valence-electron chi connectivity index (χ2n) is 8.77. The van der Waals surface area contributed by atoms with Crippen LogP contribution < -0.4 is 15.4 Å². The minimum atomic E-state index is -0.307. The number of nitrogens with one attached hydrogen (secondary N) is 3. The summed E-state index contributed by atoms with van der Waals surface area (Å²) >= 11 is 0. The van der Waals surface area contributed by atoms with Crippen LogP contribution >= 0.6 is 0 Å². The number of H-pyrrole nitrogens is 1. The van der Waals surface area contributed by atoms with Gasteiger partial charge in [-0.3, -0.25) is 9.78 Å². The number of aryl methyl sites for hydroxylation is 1. The van der Waals surface area contributed by atoms with Crippen LogP contribution in [0, 0.1) is 6.92 Å². The summed E-state index contributed by atoms with van der Waals surface area (Å²) in [5.74, 6) is 1.39. The van der Waals surface area contributed by atoms with Gasteiger partial charge in [-0.25, -0.2) is 15.0 Å². The summed E-state index contributed by atoms with van der Waals surface area (Å²) < 4.78 is 5.60. The fourth-order valence-electron chi connectivity index (χ4n) is 4.13. The van der Waals surface area contributed by atoms with E-state index in [0.29, 0.717) is 23.3 Å². The first-order valence-electron chi connectivity index (χ1n) is 11.6. The number of pyridine rings is 1. The maximum atomic E-state index is 12.1. The van der Waals surface area contributed by atoms with Crippen molar-refractivity contribution in [3.63, 3.8) is 0 Å². The average molecular weight is 473 g/mol. The molecule has 35 heavy (non-hydrogen) atoms. The zero-order valence-corrected chi connectivity index (χ0v) is 19.8. The molecule has 1 aliphatic rings. The van der Waals surface area contributed by atoms with Gasteiger partial charge in [-0.1, -0.05) is 0 Å². The Balaban J connectivity index is 1.26. The third kappa shape index (κ3) is 5.38. The number of carbonyl (C=O) groups excluding carboxylic acids is 1. The summed E-state index contributed by atoms with van der Waals surface area (Å²) in [7, 11) is 2.16. The first-order valence-corrected chi connectivity index (χ1v) is 11.6. The predicted molar refractivity (Wildman–Crippen MR) is 134 cm³/mol. The van der Waals surface area contributed by atoms with E-state index in [-0.39, 0.29) is 12.5 Å². The molecule has 0 atom stereocenters. The summed E-state index contributed by atoms with van der Waals surface area (Å²) in [5.41, 5.74) is 4.66. The van der Waals surface area contributed by atoms with Crippen LogP contribution in [0.1, 0.15) is 18.4 Å². The minimum Gasteiger partial charge on any atom is -0.484 e. The van der Waals surface area contributed by atoms with Crippen LogP contribution in [0.2, 0.25) is 0 Å².